The van der Waals surface area contributed by atoms with Crippen LogP contribution in [0.2, 0.25) is 5.02 Å². The third-order valence-corrected chi connectivity index (χ3v) is 4.71. The molecule has 0 bridgehead atoms. The maximum Gasteiger partial charge on any atom is 0.270 e. The van der Waals surface area contributed by atoms with Gasteiger partial charge in [-0.1, -0.05) is 29.8 Å². The van der Waals surface area contributed by atoms with Crippen LogP contribution in [0.3, 0.4) is 0 Å². The summed E-state index contributed by atoms with van der Waals surface area (Å²) in [6, 6.07) is 15.0. The third kappa shape index (κ3) is 4.02. The van der Waals surface area contributed by atoms with Gasteiger partial charge in [0.05, 0.1) is 6.04 Å². The Balaban J connectivity index is 1.82. The first-order chi connectivity index (χ1) is 12.3. The molecule has 1 saturated heterocycles. The molecule has 0 saturated carbocycles. The molecular weight excluding hydrogens is 348 g/mol. The van der Waals surface area contributed by atoms with Crippen LogP contribution in [0.25, 0.3) is 0 Å². The molecule has 4 nitrogen and oxygen atoms in total. The quantitative estimate of drug-likeness (QED) is 0.800. The minimum atomic E-state index is -0.509. The number of β-lactam (4-membered cyclic amide) rings is 1. The molecule has 26 heavy (non-hydrogen) atoms. The summed E-state index contributed by atoms with van der Waals surface area (Å²) < 4.78 is 6.00. The topological polar surface area (TPSA) is 41.6 Å². The van der Waals surface area contributed by atoms with Crippen LogP contribution in [0.5, 0.6) is 5.75 Å². The Morgan fingerprint density at radius 2 is 1.77 bits per heavy atom. The molecule has 1 N–H and O–H groups in total. The lowest BCUT2D eigenvalue weighted by Crippen LogP contribution is -2.71. The highest BCUT2D eigenvalue weighted by molar-refractivity contribution is 6.30. The first-order valence-corrected chi connectivity index (χ1v) is 9.20. The van der Waals surface area contributed by atoms with Crippen molar-refractivity contribution in [3.05, 3.63) is 59.1 Å². The lowest BCUT2D eigenvalue weighted by molar-refractivity contribution is -0.134. The second-order valence-corrected chi connectivity index (χ2v) is 8.12. The number of carbonyl (C=O) groups excluding carboxylic acids is 1. The van der Waals surface area contributed by atoms with Crippen molar-refractivity contribution in [2.24, 2.45) is 0 Å². The number of ether oxygens (including phenoxy) is 1. The first-order valence-electron chi connectivity index (χ1n) is 8.82. The normalized spacial score (nSPS) is 20.0. The number of amides is 1. The summed E-state index contributed by atoms with van der Waals surface area (Å²) in [6.45, 7) is 9.01. The van der Waals surface area contributed by atoms with Gasteiger partial charge < -0.3 is 15.0 Å². The molecule has 0 spiro atoms. The smallest absolute Gasteiger partial charge is 0.270 e. The number of benzene rings is 2. The Hall–Kier alpha value is -2.04. The Bertz CT molecular complexity index is 783. The highest BCUT2D eigenvalue weighted by atomic mass is 35.5. The predicted molar refractivity (Wildman–Crippen MR) is 106 cm³/mol. The molecule has 3 rings (SSSR count). The van der Waals surface area contributed by atoms with Crippen LogP contribution < -0.4 is 15.0 Å². The minimum Gasteiger partial charge on any atom is -0.478 e. The van der Waals surface area contributed by atoms with Gasteiger partial charge in [0.1, 0.15) is 5.75 Å². The van der Waals surface area contributed by atoms with E-state index in [-0.39, 0.29) is 17.5 Å². The highest BCUT2D eigenvalue weighted by Gasteiger charge is 2.50. The SMILES string of the molecule is Cc1ccccc1N1C(=O)[C@@H](Oc2ccc(Cl)cc2)[C@H]1CNC(C)(C)C. The number of carbonyl (C=O) groups is 1. The van der Waals surface area contributed by atoms with Crippen LogP contribution in [0, 0.1) is 6.92 Å². The van der Waals surface area contributed by atoms with Gasteiger partial charge in [-0.3, -0.25) is 4.79 Å². The second-order valence-electron chi connectivity index (χ2n) is 7.69. The molecule has 138 valence electrons. The van der Waals surface area contributed by atoms with Crippen molar-refractivity contribution in [2.75, 3.05) is 11.4 Å². The Morgan fingerprint density at radius 3 is 2.38 bits per heavy atom. The second kappa shape index (κ2) is 7.29. The number of hydrogen-bond acceptors (Lipinski definition) is 3. The number of para-hydroxylation sites is 1. The Labute approximate surface area is 160 Å². The van der Waals surface area contributed by atoms with Crippen LogP contribution in [-0.4, -0.2) is 30.1 Å². The summed E-state index contributed by atoms with van der Waals surface area (Å²) in [5, 5.41) is 4.14. The van der Waals surface area contributed by atoms with Gasteiger partial charge in [-0.25, -0.2) is 0 Å². The van der Waals surface area contributed by atoms with Crippen LogP contribution >= 0.6 is 11.6 Å². The molecule has 2 aromatic rings. The van der Waals surface area contributed by atoms with Gasteiger partial charge in [0.2, 0.25) is 0 Å². The van der Waals surface area contributed by atoms with E-state index in [1.807, 2.05) is 36.1 Å². The number of aryl methyl sites for hydroxylation is 1. The molecular formula is C21H25ClN2O2. The molecule has 0 radical (unpaired) electrons. The van der Waals surface area contributed by atoms with Gasteiger partial charge in [-0.15, -0.1) is 0 Å². The summed E-state index contributed by atoms with van der Waals surface area (Å²) >= 11 is 5.93. The molecule has 1 aliphatic heterocycles. The summed E-state index contributed by atoms with van der Waals surface area (Å²) in [5.41, 5.74) is 1.97. The molecule has 5 heteroatoms. The van der Waals surface area contributed by atoms with Crippen molar-refractivity contribution in [1.29, 1.82) is 0 Å². The van der Waals surface area contributed by atoms with E-state index in [2.05, 4.69) is 26.1 Å². The van der Waals surface area contributed by atoms with Crippen molar-refractivity contribution < 1.29 is 9.53 Å². The lowest BCUT2D eigenvalue weighted by atomic mass is 9.94. The van der Waals surface area contributed by atoms with Crippen LogP contribution in [0.15, 0.2) is 48.5 Å². The molecule has 2 atom stereocenters. The van der Waals surface area contributed by atoms with Crippen LogP contribution in [-0.2, 0) is 4.79 Å². The fourth-order valence-electron chi connectivity index (χ4n) is 3.05. The first kappa shape index (κ1) is 18.7. The molecule has 0 aromatic heterocycles. The molecule has 1 aliphatic rings. The zero-order valence-electron chi connectivity index (χ0n) is 15.6. The number of rotatable bonds is 5. The number of hydrogen-bond donors (Lipinski definition) is 1. The molecule has 0 unspecified atom stereocenters. The maximum atomic E-state index is 12.9. The third-order valence-electron chi connectivity index (χ3n) is 4.46. The molecule has 0 aliphatic carbocycles. The fourth-order valence-corrected chi connectivity index (χ4v) is 3.17. The van der Waals surface area contributed by atoms with E-state index in [9.17, 15) is 4.79 Å². The summed E-state index contributed by atoms with van der Waals surface area (Å²) in [4.78, 5) is 14.7. The molecule has 1 amide bonds. The number of anilines is 1. The zero-order chi connectivity index (χ0) is 18.9. The van der Waals surface area contributed by atoms with Gasteiger partial charge >= 0.3 is 0 Å². The summed E-state index contributed by atoms with van der Waals surface area (Å²) in [6.07, 6.45) is -0.509. The lowest BCUT2D eigenvalue weighted by Gasteiger charge is -2.47. The van der Waals surface area contributed by atoms with E-state index in [0.717, 1.165) is 11.3 Å². The number of nitrogens with zero attached hydrogens (tertiary/aromatic N) is 1. The van der Waals surface area contributed by atoms with Crippen molar-refractivity contribution >= 4 is 23.2 Å². The van der Waals surface area contributed by atoms with E-state index in [1.54, 1.807) is 24.3 Å². The predicted octanol–water partition coefficient (Wildman–Crippen LogP) is 4.20. The molecule has 1 heterocycles. The van der Waals surface area contributed by atoms with E-state index >= 15 is 0 Å². The maximum absolute atomic E-state index is 12.9. The summed E-state index contributed by atoms with van der Waals surface area (Å²) in [7, 11) is 0. The van der Waals surface area contributed by atoms with Gasteiger partial charge in [0.25, 0.3) is 5.91 Å². The fraction of sp³-hybridized carbons (Fsp3) is 0.381. The van der Waals surface area contributed by atoms with Crippen LogP contribution in [0.1, 0.15) is 26.3 Å². The van der Waals surface area contributed by atoms with Gasteiger partial charge in [0, 0.05) is 22.8 Å². The Morgan fingerprint density at radius 1 is 1.12 bits per heavy atom. The van der Waals surface area contributed by atoms with Gasteiger partial charge in [-0.2, -0.15) is 0 Å². The van der Waals surface area contributed by atoms with Crippen molar-refractivity contribution in [1.82, 2.24) is 5.32 Å². The minimum absolute atomic E-state index is 0.0186. The van der Waals surface area contributed by atoms with E-state index in [1.165, 1.54) is 0 Å². The van der Waals surface area contributed by atoms with Crippen LogP contribution in [0.4, 0.5) is 5.69 Å². The highest BCUT2D eigenvalue weighted by Crippen LogP contribution is 2.33. The molecule has 2 aromatic carbocycles. The number of halogens is 1. The van der Waals surface area contributed by atoms with E-state index < -0.39 is 6.10 Å². The summed E-state index contributed by atoms with van der Waals surface area (Å²) in [5.74, 6) is 0.632. The number of nitrogens with one attached hydrogen (secondary N) is 1. The monoisotopic (exact) mass is 372 g/mol. The van der Waals surface area contributed by atoms with Gasteiger partial charge in [0.15, 0.2) is 6.10 Å². The molecule has 1 fully saturated rings. The zero-order valence-corrected chi connectivity index (χ0v) is 16.4. The van der Waals surface area contributed by atoms with E-state index in [0.29, 0.717) is 17.3 Å². The van der Waals surface area contributed by atoms with E-state index in [4.69, 9.17) is 16.3 Å². The van der Waals surface area contributed by atoms with Crippen molar-refractivity contribution in [3.8, 4) is 5.75 Å². The average Bonchev–Trinajstić information content (AvgIpc) is 2.58. The average molecular weight is 373 g/mol. The standard InChI is InChI=1S/C21H25ClN2O2/c1-14-7-5-6-8-17(14)24-18(13-23-21(2,3)4)19(20(24)25)26-16-11-9-15(22)10-12-16/h5-12,18-19,23H,13H2,1-4H3/t18-,19+/m1/s1. The van der Waals surface area contributed by atoms with Gasteiger partial charge in [-0.05, 0) is 63.6 Å². The largest absolute Gasteiger partial charge is 0.478 e. The van der Waals surface area contributed by atoms with Crippen molar-refractivity contribution in [3.63, 3.8) is 0 Å². The Kier molecular flexibility index (Phi) is 5.26. The van der Waals surface area contributed by atoms with Crippen molar-refractivity contribution in [2.45, 2.75) is 45.4 Å².